The van der Waals surface area contributed by atoms with E-state index >= 15 is 0 Å². The minimum Gasteiger partial charge on any atom is -0.355 e. The van der Waals surface area contributed by atoms with Gasteiger partial charge in [0.1, 0.15) is 5.82 Å². The molecule has 6 nitrogen and oxygen atoms in total. The van der Waals surface area contributed by atoms with E-state index in [1.54, 1.807) is 0 Å². The van der Waals surface area contributed by atoms with Crippen molar-refractivity contribution < 1.29 is 4.79 Å². The predicted molar refractivity (Wildman–Crippen MR) is 132 cm³/mol. The van der Waals surface area contributed by atoms with E-state index in [0.29, 0.717) is 17.1 Å². The zero-order chi connectivity index (χ0) is 22.4. The number of anilines is 1. The van der Waals surface area contributed by atoms with Crippen molar-refractivity contribution in [3.8, 4) is 11.3 Å². The lowest BCUT2D eigenvalue weighted by Crippen LogP contribution is -2.46. The number of nitrogens with zero attached hydrogens (tertiary/aromatic N) is 3. The molecule has 2 N–H and O–H groups in total. The molecule has 1 fully saturated rings. The number of H-pyrrole nitrogens is 1. The smallest absolute Gasteiger partial charge is 0.252 e. The van der Waals surface area contributed by atoms with E-state index in [1.807, 2.05) is 30.5 Å². The summed E-state index contributed by atoms with van der Waals surface area (Å²) >= 11 is 6.32. The van der Waals surface area contributed by atoms with Gasteiger partial charge in [0, 0.05) is 78.2 Å². The third-order valence-electron chi connectivity index (χ3n) is 6.64. The number of carbonyl (C=O) groups is 1. The van der Waals surface area contributed by atoms with Crippen LogP contribution in [-0.2, 0) is 13.1 Å². The number of fused-ring (bicyclic) bond motifs is 2. The Morgan fingerprint density at radius 3 is 2.70 bits per heavy atom. The van der Waals surface area contributed by atoms with Crippen LogP contribution in [0.3, 0.4) is 0 Å². The average molecular weight is 458 g/mol. The van der Waals surface area contributed by atoms with Gasteiger partial charge < -0.3 is 15.2 Å². The first-order valence-electron chi connectivity index (χ1n) is 11.3. The molecule has 6 rings (SSSR count). The van der Waals surface area contributed by atoms with Crippen molar-refractivity contribution in [2.45, 2.75) is 13.1 Å². The lowest BCUT2D eigenvalue weighted by Gasteiger charge is -2.35. The van der Waals surface area contributed by atoms with Crippen molar-refractivity contribution in [2.24, 2.45) is 0 Å². The van der Waals surface area contributed by atoms with Crippen molar-refractivity contribution in [3.05, 3.63) is 82.5 Å². The number of rotatable bonds is 4. The van der Waals surface area contributed by atoms with E-state index in [4.69, 9.17) is 11.6 Å². The summed E-state index contributed by atoms with van der Waals surface area (Å²) in [6.45, 7) is 5.40. The molecule has 1 amide bonds. The lowest BCUT2D eigenvalue weighted by molar-refractivity contribution is 0.0966. The third kappa shape index (κ3) is 3.75. The third-order valence-corrected chi connectivity index (χ3v) is 6.99. The summed E-state index contributed by atoms with van der Waals surface area (Å²) < 4.78 is 0. The standard InChI is InChI=1S/C26H24ClN5O/c27-21-6-5-19(25-20(21)15-29-26(25)33)23-14-18-13-17(4-7-22(18)30-23)16-31-9-11-32(12-10-31)24-3-1-2-8-28-24/h1-8,13-14,30H,9-12,15-16H2,(H,29,33). The average Bonchev–Trinajstić information content (AvgIpc) is 3.45. The van der Waals surface area contributed by atoms with Crippen molar-refractivity contribution in [1.82, 2.24) is 20.2 Å². The fourth-order valence-corrected chi connectivity index (χ4v) is 5.12. The first-order valence-corrected chi connectivity index (χ1v) is 11.6. The summed E-state index contributed by atoms with van der Waals surface area (Å²) in [4.78, 5) is 25.2. The number of nitrogens with one attached hydrogen (secondary N) is 2. The molecule has 4 aromatic rings. The van der Waals surface area contributed by atoms with Crippen molar-refractivity contribution in [1.29, 1.82) is 0 Å². The molecule has 4 heterocycles. The van der Waals surface area contributed by atoms with E-state index in [0.717, 1.165) is 66.3 Å². The van der Waals surface area contributed by atoms with Gasteiger partial charge in [-0.05, 0) is 42.0 Å². The second kappa shape index (κ2) is 8.21. The van der Waals surface area contributed by atoms with Gasteiger partial charge in [0.05, 0.1) is 5.56 Å². The van der Waals surface area contributed by atoms with Crippen LogP contribution in [0.5, 0.6) is 0 Å². The van der Waals surface area contributed by atoms with Crippen LogP contribution in [-0.4, -0.2) is 47.0 Å². The number of halogens is 1. The minimum atomic E-state index is -0.0632. The summed E-state index contributed by atoms with van der Waals surface area (Å²) in [6, 6.07) is 18.6. The summed E-state index contributed by atoms with van der Waals surface area (Å²) in [7, 11) is 0. The van der Waals surface area contributed by atoms with Gasteiger partial charge in [-0.15, -0.1) is 0 Å². The van der Waals surface area contributed by atoms with Crippen molar-refractivity contribution in [3.63, 3.8) is 0 Å². The number of benzene rings is 2. The van der Waals surface area contributed by atoms with Crippen LogP contribution < -0.4 is 10.2 Å². The molecule has 2 aliphatic rings. The van der Waals surface area contributed by atoms with Gasteiger partial charge in [0.2, 0.25) is 0 Å². The Labute approximate surface area is 197 Å². The maximum absolute atomic E-state index is 12.4. The lowest BCUT2D eigenvalue weighted by atomic mass is 10.0. The van der Waals surface area contributed by atoms with Gasteiger partial charge in [-0.3, -0.25) is 9.69 Å². The van der Waals surface area contributed by atoms with Crippen LogP contribution in [0.25, 0.3) is 22.2 Å². The zero-order valence-corrected chi connectivity index (χ0v) is 18.9. The summed E-state index contributed by atoms with van der Waals surface area (Å²) in [5.41, 5.74) is 5.75. The van der Waals surface area contributed by atoms with Crippen LogP contribution in [0.15, 0.2) is 60.8 Å². The Bertz CT molecular complexity index is 1340. The molecule has 2 aliphatic heterocycles. The molecule has 7 heteroatoms. The molecule has 0 bridgehead atoms. The summed E-state index contributed by atoms with van der Waals surface area (Å²) in [5.74, 6) is 0.993. The van der Waals surface area contributed by atoms with Crippen LogP contribution in [0.4, 0.5) is 5.82 Å². The molecule has 0 saturated carbocycles. The topological polar surface area (TPSA) is 64.3 Å². The highest BCUT2D eigenvalue weighted by Crippen LogP contribution is 2.35. The van der Waals surface area contributed by atoms with Crippen LogP contribution in [0.1, 0.15) is 21.5 Å². The Morgan fingerprint density at radius 2 is 1.88 bits per heavy atom. The molecular weight excluding hydrogens is 434 g/mol. The normalized spacial score (nSPS) is 16.3. The number of aromatic amines is 1. The fraction of sp³-hybridized carbons (Fsp3) is 0.231. The summed E-state index contributed by atoms with van der Waals surface area (Å²) in [6.07, 6.45) is 1.85. The quantitative estimate of drug-likeness (QED) is 0.475. The van der Waals surface area contributed by atoms with Gasteiger partial charge >= 0.3 is 0 Å². The number of hydrogen-bond acceptors (Lipinski definition) is 4. The molecular formula is C26H24ClN5O. The SMILES string of the molecule is O=C1NCc2c(Cl)ccc(-c3cc4cc(CN5CCN(c6ccccn6)CC5)ccc4[nH]3)c21. The Balaban J connectivity index is 1.20. The number of aromatic nitrogens is 2. The van der Waals surface area contributed by atoms with Crippen molar-refractivity contribution >= 4 is 34.2 Å². The maximum Gasteiger partial charge on any atom is 0.252 e. The number of hydrogen-bond donors (Lipinski definition) is 2. The van der Waals surface area contributed by atoms with Gasteiger partial charge in [0.25, 0.3) is 5.91 Å². The van der Waals surface area contributed by atoms with Gasteiger partial charge in [-0.1, -0.05) is 29.8 Å². The largest absolute Gasteiger partial charge is 0.355 e. The number of carbonyl (C=O) groups excluding carboxylic acids is 1. The molecule has 1 saturated heterocycles. The highest BCUT2D eigenvalue weighted by molar-refractivity contribution is 6.32. The first kappa shape index (κ1) is 20.3. The molecule has 2 aromatic carbocycles. The molecule has 0 radical (unpaired) electrons. The van der Waals surface area contributed by atoms with Crippen LogP contribution in [0, 0.1) is 0 Å². The van der Waals surface area contributed by atoms with E-state index in [9.17, 15) is 4.79 Å². The molecule has 0 unspecified atom stereocenters. The second-order valence-electron chi connectivity index (χ2n) is 8.69. The number of pyridine rings is 1. The summed E-state index contributed by atoms with van der Waals surface area (Å²) in [5, 5.41) is 4.67. The zero-order valence-electron chi connectivity index (χ0n) is 18.1. The van der Waals surface area contributed by atoms with Crippen molar-refractivity contribution in [2.75, 3.05) is 31.1 Å². The minimum absolute atomic E-state index is 0.0632. The molecule has 0 aliphatic carbocycles. The van der Waals surface area contributed by atoms with Crippen LogP contribution in [0.2, 0.25) is 5.02 Å². The molecule has 33 heavy (non-hydrogen) atoms. The molecule has 0 atom stereocenters. The first-order chi connectivity index (χ1) is 16.2. The molecule has 0 spiro atoms. The Morgan fingerprint density at radius 1 is 1.00 bits per heavy atom. The Hall–Kier alpha value is -3.35. The van der Waals surface area contributed by atoms with E-state index < -0.39 is 0 Å². The van der Waals surface area contributed by atoms with Crippen LogP contribution >= 0.6 is 11.6 Å². The monoisotopic (exact) mass is 457 g/mol. The molecule has 2 aromatic heterocycles. The van der Waals surface area contributed by atoms with Gasteiger partial charge in [0.15, 0.2) is 0 Å². The van der Waals surface area contributed by atoms with Gasteiger partial charge in [-0.2, -0.15) is 0 Å². The molecule has 166 valence electrons. The van der Waals surface area contributed by atoms with Gasteiger partial charge in [-0.25, -0.2) is 4.98 Å². The second-order valence-corrected chi connectivity index (χ2v) is 9.09. The maximum atomic E-state index is 12.4. The Kier molecular flexibility index (Phi) is 5.04. The van der Waals surface area contributed by atoms with E-state index in [-0.39, 0.29) is 5.91 Å². The number of amides is 1. The fourth-order valence-electron chi connectivity index (χ4n) is 4.90. The number of piperazine rings is 1. The highest BCUT2D eigenvalue weighted by Gasteiger charge is 2.26. The van der Waals surface area contributed by atoms with E-state index in [1.165, 1.54) is 5.56 Å². The predicted octanol–water partition coefficient (Wildman–Crippen LogP) is 4.45. The highest BCUT2D eigenvalue weighted by atomic mass is 35.5. The van der Waals surface area contributed by atoms with E-state index in [2.05, 4.69) is 55.4 Å².